The summed E-state index contributed by atoms with van der Waals surface area (Å²) in [6.45, 7) is 4.02. The average Bonchev–Trinajstić information content (AvgIpc) is 3.21. The fourth-order valence-corrected chi connectivity index (χ4v) is 4.52. The normalized spacial score (nSPS) is 19.2. The molecule has 1 aliphatic rings. The molecule has 0 aliphatic carbocycles. The molecule has 0 saturated heterocycles. The van der Waals surface area contributed by atoms with Gasteiger partial charge in [0.25, 0.3) is 0 Å². The van der Waals surface area contributed by atoms with Crippen LogP contribution < -0.4 is 5.32 Å². The molecule has 1 aliphatic heterocycles. The van der Waals surface area contributed by atoms with E-state index >= 15 is 0 Å². The summed E-state index contributed by atoms with van der Waals surface area (Å²) in [4.78, 5) is 13.3. The lowest BCUT2D eigenvalue weighted by molar-refractivity contribution is -0.173. The maximum Gasteiger partial charge on any atom is 0.410 e. The Bertz CT molecular complexity index is 1090. The van der Waals surface area contributed by atoms with E-state index in [0.717, 1.165) is 27.8 Å². The van der Waals surface area contributed by atoms with Gasteiger partial charge in [0.1, 0.15) is 5.82 Å². The zero-order valence-corrected chi connectivity index (χ0v) is 18.1. The molecule has 0 spiro atoms. The molecule has 2 aromatic carbocycles. The lowest BCUT2D eigenvalue weighted by atomic mass is 9.87. The van der Waals surface area contributed by atoms with Crippen molar-refractivity contribution in [2.24, 2.45) is 0 Å². The zero-order valence-electron chi connectivity index (χ0n) is 18.1. The van der Waals surface area contributed by atoms with E-state index in [4.69, 9.17) is 0 Å². The van der Waals surface area contributed by atoms with Gasteiger partial charge in [-0.3, -0.25) is 4.79 Å². The van der Waals surface area contributed by atoms with Crippen molar-refractivity contribution in [2.45, 2.75) is 57.3 Å². The highest BCUT2D eigenvalue weighted by molar-refractivity contribution is 6.01. The highest BCUT2D eigenvalue weighted by Crippen LogP contribution is 2.44. The number of nitrogens with zero attached hydrogens (tertiary/aromatic N) is 2. The zero-order chi connectivity index (χ0) is 22.9. The van der Waals surface area contributed by atoms with Crippen molar-refractivity contribution in [2.75, 3.05) is 5.32 Å². The summed E-state index contributed by atoms with van der Waals surface area (Å²) in [5, 5.41) is 7.16. The average molecular weight is 441 g/mol. The predicted molar refractivity (Wildman–Crippen MR) is 118 cm³/mol. The van der Waals surface area contributed by atoms with Crippen LogP contribution in [0.15, 0.2) is 60.8 Å². The lowest BCUT2D eigenvalue weighted by Gasteiger charge is -2.34. The van der Waals surface area contributed by atoms with Crippen molar-refractivity contribution in [1.82, 2.24) is 9.78 Å². The monoisotopic (exact) mass is 441 g/mol. The highest BCUT2D eigenvalue weighted by Gasteiger charge is 2.47. The van der Waals surface area contributed by atoms with Crippen molar-refractivity contribution >= 4 is 11.6 Å². The summed E-state index contributed by atoms with van der Waals surface area (Å²) < 4.78 is 42.6. The Kier molecular flexibility index (Phi) is 6.09. The van der Waals surface area contributed by atoms with Crippen molar-refractivity contribution in [3.05, 3.63) is 83.0 Å². The van der Waals surface area contributed by atoms with E-state index < -0.39 is 18.3 Å². The van der Waals surface area contributed by atoms with Crippen LogP contribution in [0.2, 0.25) is 0 Å². The molecule has 32 heavy (non-hydrogen) atoms. The third-order valence-electron chi connectivity index (χ3n) is 6.29. The second kappa shape index (κ2) is 8.81. The minimum absolute atomic E-state index is 0.00817. The molecular weight excluding hydrogens is 415 g/mol. The van der Waals surface area contributed by atoms with Crippen LogP contribution >= 0.6 is 0 Å². The first-order valence-corrected chi connectivity index (χ1v) is 10.8. The maximum atomic E-state index is 13.9. The number of carbonyl (C=O) groups excluding carboxylic acids is 1. The molecule has 2 heterocycles. The number of aromatic nitrogens is 2. The summed E-state index contributed by atoms with van der Waals surface area (Å²) in [7, 11) is 0. The first-order chi connectivity index (χ1) is 15.3. The number of anilines is 1. The van der Waals surface area contributed by atoms with Gasteiger partial charge in [0.2, 0.25) is 0 Å². The molecule has 0 bridgehead atoms. The molecular formula is C25H26F3N3O. The second-order valence-corrected chi connectivity index (χ2v) is 8.34. The number of carbonyl (C=O) groups is 1. The van der Waals surface area contributed by atoms with E-state index in [-0.39, 0.29) is 35.9 Å². The molecule has 1 N–H and O–H groups in total. The Morgan fingerprint density at radius 3 is 2.50 bits per heavy atom. The van der Waals surface area contributed by atoms with Crippen LogP contribution in [0.4, 0.5) is 19.0 Å². The van der Waals surface area contributed by atoms with Gasteiger partial charge >= 0.3 is 6.18 Å². The van der Waals surface area contributed by atoms with E-state index in [9.17, 15) is 18.0 Å². The van der Waals surface area contributed by atoms with Gasteiger partial charge in [-0.05, 0) is 36.0 Å². The Labute approximate surface area is 185 Å². The van der Waals surface area contributed by atoms with Crippen LogP contribution in [0.3, 0.4) is 0 Å². The molecule has 0 saturated carbocycles. The number of benzene rings is 2. The third kappa shape index (κ3) is 4.29. The van der Waals surface area contributed by atoms with Crippen LogP contribution in [0.5, 0.6) is 0 Å². The first-order valence-electron chi connectivity index (χ1n) is 10.8. The third-order valence-corrected chi connectivity index (χ3v) is 6.29. The van der Waals surface area contributed by atoms with Crippen molar-refractivity contribution in [1.29, 1.82) is 0 Å². The second-order valence-electron chi connectivity index (χ2n) is 8.34. The molecule has 1 aromatic heterocycles. The summed E-state index contributed by atoms with van der Waals surface area (Å²) in [6.07, 6.45) is -2.40. The fraction of sp³-hybridized carbons (Fsp3) is 0.360. The molecule has 168 valence electrons. The predicted octanol–water partition coefficient (Wildman–Crippen LogP) is 6.62. The Morgan fingerprint density at radius 2 is 1.84 bits per heavy atom. The molecule has 4 rings (SSSR count). The van der Waals surface area contributed by atoms with Gasteiger partial charge in [-0.15, -0.1) is 0 Å². The van der Waals surface area contributed by atoms with E-state index in [1.54, 1.807) is 24.3 Å². The van der Waals surface area contributed by atoms with Crippen LogP contribution in [-0.4, -0.2) is 21.7 Å². The number of halogens is 3. The van der Waals surface area contributed by atoms with E-state index in [1.165, 1.54) is 6.20 Å². The van der Waals surface area contributed by atoms with Gasteiger partial charge in [-0.2, -0.15) is 18.3 Å². The molecule has 4 nitrogen and oxygen atoms in total. The molecule has 0 radical (unpaired) electrons. The number of hydrogen-bond donors (Lipinski definition) is 1. The standard InChI is InChI=1S/C25H26F3N3O/c1-3-17(19-12-8-7-9-16(19)2)13-22(32)20-15-29-31-23(25(26,27)28)14-21(30-24(20)31)18-10-5-4-6-11-18/h4-12,15,17,21,23,30H,3,13-14H2,1-2H3. The summed E-state index contributed by atoms with van der Waals surface area (Å²) in [5.41, 5.74) is 3.15. The highest BCUT2D eigenvalue weighted by atomic mass is 19.4. The summed E-state index contributed by atoms with van der Waals surface area (Å²) in [6, 6.07) is 14.6. The van der Waals surface area contributed by atoms with Gasteiger partial charge in [0.05, 0.1) is 17.8 Å². The van der Waals surface area contributed by atoms with Gasteiger partial charge in [-0.25, -0.2) is 4.68 Å². The number of aryl methyl sites for hydroxylation is 1. The minimum atomic E-state index is -4.47. The number of hydrogen-bond acceptors (Lipinski definition) is 3. The number of rotatable bonds is 6. The first kappa shape index (κ1) is 22.1. The van der Waals surface area contributed by atoms with Crippen LogP contribution in [0, 0.1) is 6.92 Å². The smallest absolute Gasteiger partial charge is 0.363 e. The van der Waals surface area contributed by atoms with Crippen molar-refractivity contribution in [3.8, 4) is 0 Å². The molecule has 3 unspecified atom stereocenters. The summed E-state index contributed by atoms with van der Waals surface area (Å²) >= 11 is 0. The number of alkyl halides is 3. The molecule has 3 atom stereocenters. The minimum Gasteiger partial charge on any atom is -0.363 e. The van der Waals surface area contributed by atoms with E-state index in [1.807, 2.05) is 44.2 Å². The number of fused-ring (bicyclic) bond motifs is 1. The Morgan fingerprint density at radius 1 is 1.16 bits per heavy atom. The largest absolute Gasteiger partial charge is 0.410 e. The molecule has 3 aromatic rings. The van der Waals surface area contributed by atoms with Crippen LogP contribution in [0.1, 0.15) is 71.2 Å². The van der Waals surface area contributed by atoms with E-state index in [2.05, 4.69) is 10.4 Å². The van der Waals surface area contributed by atoms with Crippen molar-refractivity contribution < 1.29 is 18.0 Å². The topological polar surface area (TPSA) is 46.9 Å². The number of nitrogens with one attached hydrogen (secondary N) is 1. The van der Waals surface area contributed by atoms with Crippen LogP contribution in [-0.2, 0) is 0 Å². The maximum absolute atomic E-state index is 13.9. The quantitative estimate of drug-likeness (QED) is 0.438. The van der Waals surface area contributed by atoms with Gasteiger partial charge in [0.15, 0.2) is 11.8 Å². The van der Waals surface area contributed by atoms with E-state index in [0.29, 0.717) is 0 Å². The molecule has 0 fully saturated rings. The summed E-state index contributed by atoms with van der Waals surface area (Å²) in [5.74, 6) is -0.0632. The Balaban J connectivity index is 1.66. The van der Waals surface area contributed by atoms with Gasteiger partial charge in [-0.1, -0.05) is 61.5 Å². The Hall–Kier alpha value is -3.09. The lowest BCUT2D eigenvalue weighted by Crippen LogP contribution is -2.36. The van der Waals surface area contributed by atoms with Crippen LogP contribution in [0.25, 0.3) is 0 Å². The fourth-order valence-electron chi connectivity index (χ4n) is 4.52. The van der Waals surface area contributed by atoms with Gasteiger partial charge < -0.3 is 5.32 Å². The SMILES string of the molecule is CCC(CC(=O)c1cnn2c1NC(c1ccccc1)CC2C(F)(F)F)c1ccccc1C. The molecule has 0 amide bonds. The number of ketones is 1. The van der Waals surface area contributed by atoms with Gasteiger partial charge in [0, 0.05) is 12.8 Å². The van der Waals surface area contributed by atoms with Crippen molar-refractivity contribution in [3.63, 3.8) is 0 Å². The molecule has 7 heteroatoms. The number of Topliss-reactive ketones (excluding diaryl/α,β-unsaturated/α-hetero) is 1.